The summed E-state index contributed by atoms with van der Waals surface area (Å²) in [6.45, 7) is 2.30. The molecule has 0 aliphatic carbocycles. The van der Waals surface area contributed by atoms with E-state index in [0.717, 1.165) is 18.4 Å². The van der Waals surface area contributed by atoms with Gasteiger partial charge in [0, 0.05) is 5.69 Å². The van der Waals surface area contributed by atoms with Gasteiger partial charge < -0.3 is 10.5 Å². The molecule has 0 saturated carbocycles. The van der Waals surface area contributed by atoms with Crippen molar-refractivity contribution in [1.29, 1.82) is 0 Å². The number of benzene rings is 2. The van der Waals surface area contributed by atoms with Gasteiger partial charge in [0.2, 0.25) is 0 Å². The molecule has 2 N–H and O–H groups in total. The van der Waals surface area contributed by atoms with Gasteiger partial charge in [-0.25, -0.2) is 4.79 Å². The van der Waals surface area contributed by atoms with Crippen LogP contribution in [0, 0.1) is 6.92 Å². The molecule has 3 nitrogen and oxygen atoms in total. The Hall–Kier alpha value is -2.29. The molecular formula is C17H19NO2. The predicted octanol–water partition coefficient (Wildman–Crippen LogP) is 3.37. The van der Waals surface area contributed by atoms with Gasteiger partial charge in [0.15, 0.2) is 0 Å². The quantitative estimate of drug-likeness (QED) is 0.514. The minimum Gasteiger partial charge on any atom is -0.462 e. The lowest BCUT2D eigenvalue weighted by Gasteiger charge is -2.07. The molecule has 0 spiro atoms. The van der Waals surface area contributed by atoms with Gasteiger partial charge in [0.05, 0.1) is 12.2 Å². The Labute approximate surface area is 119 Å². The van der Waals surface area contributed by atoms with E-state index in [4.69, 9.17) is 10.5 Å². The zero-order valence-electron chi connectivity index (χ0n) is 11.6. The summed E-state index contributed by atoms with van der Waals surface area (Å²) < 4.78 is 5.26. The maximum absolute atomic E-state index is 11.9. The Morgan fingerprint density at radius 1 is 1.15 bits per heavy atom. The number of hydrogen-bond acceptors (Lipinski definition) is 3. The first-order chi connectivity index (χ1) is 9.66. The van der Waals surface area contributed by atoms with Gasteiger partial charge in [0.1, 0.15) is 0 Å². The van der Waals surface area contributed by atoms with Crippen LogP contribution in [0.3, 0.4) is 0 Å². The van der Waals surface area contributed by atoms with E-state index >= 15 is 0 Å². The van der Waals surface area contributed by atoms with Crippen LogP contribution in [0.4, 0.5) is 5.69 Å². The van der Waals surface area contributed by atoms with E-state index in [2.05, 4.69) is 12.1 Å². The maximum atomic E-state index is 11.9. The second-order valence-corrected chi connectivity index (χ2v) is 4.80. The first-order valence-corrected chi connectivity index (χ1v) is 6.74. The number of anilines is 1. The molecule has 20 heavy (non-hydrogen) atoms. The smallest absolute Gasteiger partial charge is 0.338 e. The molecule has 104 valence electrons. The van der Waals surface area contributed by atoms with Crippen molar-refractivity contribution in [2.75, 3.05) is 12.3 Å². The van der Waals surface area contributed by atoms with Gasteiger partial charge in [0.25, 0.3) is 0 Å². The van der Waals surface area contributed by atoms with Crippen LogP contribution < -0.4 is 5.73 Å². The van der Waals surface area contributed by atoms with Crippen molar-refractivity contribution in [3.63, 3.8) is 0 Å². The number of nitrogen functional groups attached to an aromatic ring is 1. The van der Waals surface area contributed by atoms with E-state index in [1.807, 2.05) is 25.1 Å². The van der Waals surface area contributed by atoms with Gasteiger partial charge in [-0.1, -0.05) is 30.3 Å². The first kappa shape index (κ1) is 14.1. The van der Waals surface area contributed by atoms with Crippen LogP contribution in [0.1, 0.15) is 27.9 Å². The van der Waals surface area contributed by atoms with Crippen molar-refractivity contribution < 1.29 is 9.53 Å². The number of carbonyl (C=O) groups is 1. The van der Waals surface area contributed by atoms with Crippen LogP contribution in [-0.2, 0) is 11.2 Å². The Morgan fingerprint density at radius 2 is 1.90 bits per heavy atom. The zero-order chi connectivity index (χ0) is 14.4. The molecule has 0 radical (unpaired) electrons. The third-order valence-corrected chi connectivity index (χ3v) is 3.19. The highest BCUT2D eigenvalue weighted by Crippen LogP contribution is 2.13. The van der Waals surface area contributed by atoms with Crippen molar-refractivity contribution in [1.82, 2.24) is 0 Å². The maximum Gasteiger partial charge on any atom is 0.338 e. The van der Waals surface area contributed by atoms with Crippen LogP contribution in [0.25, 0.3) is 0 Å². The topological polar surface area (TPSA) is 52.3 Å². The fourth-order valence-corrected chi connectivity index (χ4v) is 1.97. The summed E-state index contributed by atoms with van der Waals surface area (Å²) in [5.41, 5.74) is 9.11. The van der Waals surface area contributed by atoms with Gasteiger partial charge in [-0.3, -0.25) is 0 Å². The van der Waals surface area contributed by atoms with Crippen molar-refractivity contribution in [3.05, 3.63) is 65.2 Å². The minimum atomic E-state index is -0.291. The van der Waals surface area contributed by atoms with Crippen LogP contribution in [-0.4, -0.2) is 12.6 Å². The number of esters is 1. The number of ether oxygens (including phenoxy) is 1. The second-order valence-electron chi connectivity index (χ2n) is 4.80. The predicted molar refractivity (Wildman–Crippen MR) is 80.6 cm³/mol. The minimum absolute atomic E-state index is 0.291. The van der Waals surface area contributed by atoms with Gasteiger partial charge in [-0.15, -0.1) is 0 Å². The normalized spacial score (nSPS) is 10.2. The lowest BCUT2D eigenvalue weighted by atomic mass is 10.1. The molecule has 0 aliphatic heterocycles. The molecule has 2 aromatic carbocycles. The number of carbonyl (C=O) groups excluding carboxylic acids is 1. The standard InChI is InChI=1S/C17H19NO2/c1-13-12-15(9-10-16(13)18)17(19)20-11-5-8-14-6-3-2-4-7-14/h2-4,6-7,9-10,12H,5,8,11,18H2,1H3. The van der Waals surface area contributed by atoms with Crippen LogP contribution in [0.2, 0.25) is 0 Å². The Bertz CT molecular complexity index is 579. The molecule has 2 aromatic rings. The monoisotopic (exact) mass is 269 g/mol. The van der Waals surface area contributed by atoms with Crippen molar-refractivity contribution >= 4 is 11.7 Å². The number of aryl methyl sites for hydroxylation is 2. The first-order valence-electron chi connectivity index (χ1n) is 6.74. The fraction of sp³-hybridized carbons (Fsp3) is 0.235. The number of hydrogen-bond donors (Lipinski definition) is 1. The number of rotatable bonds is 5. The van der Waals surface area contributed by atoms with Crippen molar-refractivity contribution in [2.24, 2.45) is 0 Å². The third kappa shape index (κ3) is 3.85. The average molecular weight is 269 g/mol. The Balaban J connectivity index is 1.79. The van der Waals surface area contributed by atoms with E-state index in [1.54, 1.807) is 18.2 Å². The van der Waals surface area contributed by atoms with Crippen LogP contribution in [0.15, 0.2) is 48.5 Å². The summed E-state index contributed by atoms with van der Waals surface area (Å²) in [6.07, 6.45) is 1.73. The highest BCUT2D eigenvalue weighted by Gasteiger charge is 2.08. The Kier molecular flexibility index (Phi) is 4.77. The largest absolute Gasteiger partial charge is 0.462 e. The summed E-state index contributed by atoms with van der Waals surface area (Å²) in [6, 6.07) is 15.4. The summed E-state index contributed by atoms with van der Waals surface area (Å²) in [5, 5.41) is 0. The highest BCUT2D eigenvalue weighted by molar-refractivity contribution is 5.90. The SMILES string of the molecule is Cc1cc(C(=O)OCCCc2ccccc2)ccc1N. The molecule has 0 aromatic heterocycles. The molecular weight excluding hydrogens is 250 g/mol. The van der Waals surface area contributed by atoms with Gasteiger partial charge in [-0.05, 0) is 49.1 Å². The fourth-order valence-electron chi connectivity index (χ4n) is 1.97. The third-order valence-electron chi connectivity index (χ3n) is 3.19. The summed E-state index contributed by atoms with van der Waals surface area (Å²) in [5.74, 6) is -0.291. The molecule has 0 unspecified atom stereocenters. The zero-order valence-corrected chi connectivity index (χ0v) is 11.6. The van der Waals surface area contributed by atoms with E-state index < -0.39 is 0 Å². The summed E-state index contributed by atoms with van der Waals surface area (Å²) in [7, 11) is 0. The van der Waals surface area contributed by atoms with Crippen molar-refractivity contribution in [3.8, 4) is 0 Å². The van der Waals surface area contributed by atoms with E-state index in [1.165, 1.54) is 5.56 Å². The van der Waals surface area contributed by atoms with Gasteiger partial charge in [-0.2, -0.15) is 0 Å². The Morgan fingerprint density at radius 3 is 2.60 bits per heavy atom. The molecule has 0 aliphatic rings. The van der Waals surface area contributed by atoms with Gasteiger partial charge >= 0.3 is 5.97 Å². The molecule has 0 saturated heterocycles. The molecule has 0 heterocycles. The highest BCUT2D eigenvalue weighted by atomic mass is 16.5. The number of nitrogens with two attached hydrogens (primary N) is 1. The molecule has 0 fully saturated rings. The molecule has 0 amide bonds. The van der Waals surface area contributed by atoms with E-state index in [9.17, 15) is 4.79 Å². The lowest BCUT2D eigenvalue weighted by molar-refractivity contribution is 0.0500. The average Bonchev–Trinajstić information content (AvgIpc) is 2.47. The molecule has 3 heteroatoms. The van der Waals surface area contributed by atoms with Crippen LogP contribution in [0.5, 0.6) is 0 Å². The molecule has 2 rings (SSSR count). The molecule has 0 bridgehead atoms. The summed E-state index contributed by atoms with van der Waals surface area (Å²) in [4.78, 5) is 11.9. The van der Waals surface area contributed by atoms with Crippen LogP contribution >= 0.6 is 0 Å². The lowest BCUT2D eigenvalue weighted by Crippen LogP contribution is -2.07. The molecule has 0 atom stereocenters. The van der Waals surface area contributed by atoms with E-state index in [0.29, 0.717) is 17.9 Å². The van der Waals surface area contributed by atoms with E-state index in [-0.39, 0.29) is 5.97 Å². The second kappa shape index (κ2) is 6.75. The van der Waals surface area contributed by atoms with Crippen molar-refractivity contribution in [2.45, 2.75) is 19.8 Å². The summed E-state index contributed by atoms with van der Waals surface area (Å²) >= 11 is 0.